The second-order valence-corrected chi connectivity index (χ2v) is 9.65. The van der Waals surface area contributed by atoms with Crippen molar-refractivity contribution < 1.29 is 47.7 Å². The summed E-state index contributed by atoms with van der Waals surface area (Å²) >= 11 is 0. The highest BCUT2D eigenvalue weighted by Crippen LogP contribution is 2.56. The molecule has 0 aliphatic heterocycles. The van der Waals surface area contributed by atoms with Gasteiger partial charge in [-0.15, -0.1) is 0 Å². The lowest BCUT2D eigenvalue weighted by Crippen LogP contribution is -2.22. The van der Waals surface area contributed by atoms with E-state index in [0.717, 1.165) is 19.3 Å². The van der Waals surface area contributed by atoms with Crippen molar-refractivity contribution in [1.29, 1.82) is 0 Å². The Bertz CT molecular complexity index is 1100. The lowest BCUT2D eigenvalue weighted by Gasteiger charge is -2.13. The van der Waals surface area contributed by atoms with Gasteiger partial charge in [0.05, 0.1) is 51.0 Å². The number of carbonyl (C=O) groups is 2. The van der Waals surface area contributed by atoms with Gasteiger partial charge < -0.3 is 18.9 Å². The van der Waals surface area contributed by atoms with Crippen LogP contribution in [0.25, 0.3) is 0 Å². The number of benzene rings is 2. The van der Waals surface area contributed by atoms with E-state index in [4.69, 9.17) is 38.1 Å². The van der Waals surface area contributed by atoms with Crippen LogP contribution in [0.15, 0.2) is 60.7 Å². The zero-order valence-electron chi connectivity index (χ0n) is 24.5. The van der Waals surface area contributed by atoms with E-state index in [0.29, 0.717) is 51.5 Å². The van der Waals surface area contributed by atoms with Crippen molar-refractivity contribution in [3.05, 3.63) is 71.8 Å². The molecule has 0 spiro atoms. The third-order valence-corrected chi connectivity index (χ3v) is 6.93. The predicted molar refractivity (Wildman–Crippen MR) is 148 cm³/mol. The molecule has 0 radical (unpaired) electrons. The fraction of sp³-hybridized carbons (Fsp3) is 0.500. The Hall–Kier alpha value is -3.94. The van der Waals surface area contributed by atoms with Crippen LogP contribution >= 0.6 is 0 Å². The Kier molecular flexibility index (Phi) is 17.9. The van der Waals surface area contributed by atoms with Crippen molar-refractivity contribution in [1.82, 2.24) is 0 Å². The first-order valence-corrected chi connectivity index (χ1v) is 13.9. The predicted octanol–water partition coefficient (Wildman–Crippen LogP) is 4.42. The summed E-state index contributed by atoms with van der Waals surface area (Å²) in [6, 6.07) is 20.2. The maximum atomic E-state index is 11.9. The Morgan fingerprint density at radius 2 is 1.24 bits per heavy atom. The minimum atomic E-state index is -0.271. The van der Waals surface area contributed by atoms with Crippen LogP contribution < -0.4 is 0 Å². The molecule has 4 atom stereocenters. The van der Waals surface area contributed by atoms with E-state index in [1.165, 1.54) is 11.1 Å². The van der Waals surface area contributed by atoms with Crippen molar-refractivity contribution >= 4 is 24.2 Å². The van der Waals surface area contributed by atoms with Gasteiger partial charge in [0.15, 0.2) is 0 Å². The summed E-state index contributed by atoms with van der Waals surface area (Å²) in [5, 5.41) is 0. The van der Waals surface area contributed by atoms with Crippen molar-refractivity contribution in [2.75, 3.05) is 26.4 Å². The second kappa shape index (κ2) is 20.9. The van der Waals surface area contributed by atoms with Crippen LogP contribution in [-0.4, -0.2) is 50.7 Å². The standard InChI is InChI=1S/C16H22O3.C14H18O3.2CO2/c1-3-16(15(17)19-4-2)10-14(16)12-18-11-13-8-6-5-7-9-13;1-2-17-14(15)13-8-12(13)10-16-9-11-6-4-3-5-7-11;2*2-1-3/h5-9,14H,3-4,10-12H2,1-2H3;3-7,12-13H,2,8-10H2,1H3;;/t14-,16-;12-,13-;;/m11../s1. The molecule has 0 amide bonds. The van der Waals surface area contributed by atoms with Crippen LogP contribution in [0, 0.1) is 23.2 Å². The molecule has 2 fully saturated rings. The van der Waals surface area contributed by atoms with E-state index in [2.05, 4.69) is 0 Å². The van der Waals surface area contributed by atoms with Crippen LogP contribution in [0.1, 0.15) is 51.2 Å². The summed E-state index contributed by atoms with van der Waals surface area (Å²) in [6.45, 7) is 9.18. The monoisotopic (exact) mass is 584 g/mol. The number of esters is 2. The summed E-state index contributed by atoms with van der Waals surface area (Å²) in [6.07, 6.45) is 3.15. The number of rotatable bonds is 13. The molecule has 2 aromatic rings. The first kappa shape index (κ1) is 36.1. The van der Waals surface area contributed by atoms with Gasteiger partial charge in [-0.1, -0.05) is 67.6 Å². The molecular weight excluding hydrogens is 544 g/mol. The molecule has 42 heavy (non-hydrogen) atoms. The zero-order chi connectivity index (χ0) is 31.2. The van der Waals surface area contributed by atoms with Gasteiger partial charge in [0.25, 0.3) is 0 Å². The molecule has 4 rings (SSSR count). The molecule has 0 saturated heterocycles. The number of carbonyl (C=O) groups excluding carboxylic acids is 6. The van der Waals surface area contributed by atoms with E-state index in [1.807, 2.05) is 81.4 Å². The normalized spacial score (nSPS) is 20.7. The SMILES string of the molecule is CCOC(=O)[C@@H]1C[C@@H]1COCc1ccccc1.CCOC(=O)[C@]1(CC)C[C@@H]1COCc1ccccc1.O=C=O.O=C=O. The molecule has 2 aliphatic carbocycles. The fourth-order valence-electron chi connectivity index (χ4n) is 4.47. The lowest BCUT2D eigenvalue weighted by atomic mass is 10.0. The Morgan fingerprint density at radius 3 is 1.69 bits per heavy atom. The molecule has 228 valence electrons. The molecule has 0 heterocycles. The molecule has 2 saturated carbocycles. The first-order valence-electron chi connectivity index (χ1n) is 13.9. The van der Waals surface area contributed by atoms with E-state index in [9.17, 15) is 9.59 Å². The van der Waals surface area contributed by atoms with E-state index in [1.54, 1.807) is 0 Å². The Morgan fingerprint density at radius 1 is 0.762 bits per heavy atom. The first-order chi connectivity index (χ1) is 20.4. The maximum absolute atomic E-state index is 11.9. The molecule has 2 aliphatic rings. The van der Waals surface area contributed by atoms with Crippen molar-refractivity contribution in [2.45, 2.75) is 53.2 Å². The maximum Gasteiger partial charge on any atom is 0.373 e. The van der Waals surface area contributed by atoms with Crippen LogP contribution in [0.4, 0.5) is 0 Å². The van der Waals surface area contributed by atoms with Crippen molar-refractivity contribution in [3.63, 3.8) is 0 Å². The molecule has 10 heteroatoms. The number of hydrogen-bond acceptors (Lipinski definition) is 10. The third kappa shape index (κ3) is 13.1. The average molecular weight is 585 g/mol. The highest BCUT2D eigenvalue weighted by Gasteiger charge is 2.59. The average Bonchev–Trinajstić information content (AvgIpc) is 3.91. The molecule has 0 bridgehead atoms. The van der Waals surface area contributed by atoms with Gasteiger partial charge in [-0.3, -0.25) is 9.59 Å². The van der Waals surface area contributed by atoms with Gasteiger partial charge in [0.1, 0.15) is 0 Å². The van der Waals surface area contributed by atoms with Crippen LogP contribution in [-0.2, 0) is 60.9 Å². The van der Waals surface area contributed by atoms with Gasteiger partial charge in [-0.25, -0.2) is 0 Å². The van der Waals surface area contributed by atoms with Gasteiger partial charge >= 0.3 is 24.2 Å². The van der Waals surface area contributed by atoms with Crippen LogP contribution in [0.5, 0.6) is 0 Å². The van der Waals surface area contributed by atoms with Crippen LogP contribution in [0.3, 0.4) is 0 Å². The highest BCUT2D eigenvalue weighted by molar-refractivity contribution is 5.80. The molecule has 0 unspecified atom stereocenters. The molecule has 2 aromatic carbocycles. The fourth-order valence-corrected chi connectivity index (χ4v) is 4.47. The largest absolute Gasteiger partial charge is 0.466 e. The number of hydrogen-bond donors (Lipinski definition) is 0. The highest BCUT2D eigenvalue weighted by atomic mass is 16.5. The zero-order valence-corrected chi connectivity index (χ0v) is 24.5. The molecule has 0 N–H and O–H groups in total. The minimum Gasteiger partial charge on any atom is -0.466 e. The molecule has 0 aromatic heterocycles. The van der Waals surface area contributed by atoms with E-state index < -0.39 is 0 Å². The van der Waals surface area contributed by atoms with E-state index >= 15 is 0 Å². The topological polar surface area (TPSA) is 139 Å². The Balaban J connectivity index is 0.000000355. The van der Waals surface area contributed by atoms with Crippen molar-refractivity contribution in [2.24, 2.45) is 23.2 Å². The minimum absolute atomic E-state index is 0.0502. The quantitative estimate of drug-likeness (QED) is 0.311. The van der Waals surface area contributed by atoms with Crippen molar-refractivity contribution in [3.8, 4) is 0 Å². The van der Waals surface area contributed by atoms with Gasteiger partial charge in [0.2, 0.25) is 0 Å². The van der Waals surface area contributed by atoms with E-state index in [-0.39, 0.29) is 35.6 Å². The summed E-state index contributed by atoms with van der Waals surface area (Å²) in [5.41, 5.74) is 2.06. The molecule has 10 nitrogen and oxygen atoms in total. The second-order valence-electron chi connectivity index (χ2n) is 9.65. The number of ether oxygens (including phenoxy) is 4. The molecular formula is C32H40O10. The summed E-state index contributed by atoms with van der Waals surface area (Å²) in [4.78, 5) is 55.8. The van der Waals surface area contributed by atoms with Crippen LogP contribution in [0.2, 0.25) is 0 Å². The lowest BCUT2D eigenvalue weighted by molar-refractivity contribution is -0.193. The van der Waals surface area contributed by atoms with Gasteiger partial charge in [0, 0.05) is 0 Å². The smallest absolute Gasteiger partial charge is 0.373 e. The third-order valence-electron chi connectivity index (χ3n) is 6.93. The summed E-state index contributed by atoms with van der Waals surface area (Å²) in [7, 11) is 0. The summed E-state index contributed by atoms with van der Waals surface area (Å²) < 4.78 is 21.4. The summed E-state index contributed by atoms with van der Waals surface area (Å²) in [5.74, 6) is 0.635. The Labute approximate surface area is 246 Å². The van der Waals surface area contributed by atoms with Gasteiger partial charge in [-0.2, -0.15) is 19.2 Å². The van der Waals surface area contributed by atoms with Gasteiger partial charge in [-0.05, 0) is 56.1 Å².